The molecule has 0 aliphatic heterocycles. The summed E-state index contributed by atoms with van der Waals surface area (Å²) in [6, 6.07) is 5.75. The molecule has 2 heterocycles. The second-order valence-electron chi connectivity index (χ2n) is 4.89. The Kier molecular flexibility index (Phi) is 4.41. The zero-order valence-electron chi connectivity index (χ0n) is 12.3. The van der Waals surface area contributed by atoms with E-state index in [9.17, 15) is 18.0 Å². The molecule has 0 saturated heterocycles. The van der Waals surface area contributed by atoms with Crippen LogP contribution in [0.5, 0.6) is 0 Å². The van der Waals surface area contributed by atoms with E-state index in [-0.39, 0.29) is 22.1 Å². The molecule has 0 unspecified atom stereocenters. The van der Waals surface area contributed by atoms with Gasteiger partial charge in [0.2, 0.25) is 0 Å². The average Bonchev–Trinajstić information content (AvgIpc) is 3.08. The number of nitrogens with one attached hydrogen (secondary N) is 1. The molecule has 0 atom stereocenters. The maximum Gasteiger partial charge on any atom is 0.416 e. The van der Waals surface area contributed by atoms with Crippen molar-refractivity contribution in [1.29, 1.82) is 0 Å². The third-order valence-corrected chi connectivity index (χ3v) is 3.45. The van der Waals surface area contributed by atoms with E-state index >= 15 is 0 Å². The number of anilines is 1. The molecule has 0 fully saturated rings. The van der Waals surface area contributed by atoms with Crippen LogP contribution in [0.25, 0.3) is 5.69 Å². The van der Waals surface area contributed by atoms with Crippen LogP contribution < -0.4 is 5.32 Å². The third kappa shape index (κ3) is 3.77. The lowest BCUT2D eigenvalue weighted by atomic mass is 10.1. The Labute approximate surface area is 144 Å². The van der Waals surface area contributed by atoms with Crippen molar-refractivity contribution in [2.75, 3.05) is 5.32 Å². The Morgan fingerprint density at radius 3 is 2.60 bits per heavy atom. The van der Waals surface area contributed by atoms with Gasteiger partial charge in [0.25, 0.3) is 5.91 Å². The summed E-state index contributed by atoms with van der Waals surface area (Å²) in [5.74, 6) is -0.634. The molecule has 1 aromatic carbocycles. The molecule has 0 aliphatic carbocycles. The summed E-state index contributed by atoms with van der Waals surface area (Å²) in [4.78, 5) is 19.8. The first kappa shape index (κ1) is 16.9. The molecular weight excluding hydrogens is 359 g/mol. The molecule has 0 radical (unpaired) electrons. The Balaban J connectivity index is 2.00. The first-order chi connectivity index (χ1) is 11.8. The monoisotopic (exact) mass is 367 g/mol. The number of hydrogen-bond donors (Lipinski definition) is 1. The molecule has 0 spiro atoms. The van der Waals surface area contributed by atoms with Crippen molar-refractivity contribution >= 4 is 23.2 Å². The van der Waals surface area contributed by atoms with E-state index in [1.54, 1.807) is 0 Å². The molecule has 1 N–H and O–H groups in total. The van der Waals surface area contributed by atoms with Crippen molar-refractivity contribution in [3.63, 3.8) is 0 Å². The number of rotatable bonds is 3. The zero-order chi connectivity index (χ0) is 18.0. The van der Waals surface area contributed by atoms with Gasteiger partial charge < -0.3 is 5.32 Å². The molecule has 3 aromatic rings. The molecule has 0 aliphatic rings. The molecular formula is C15H9ClF3N5O. The van der Waals surface area contributed by atoms with E-state index < -0.39 is 17.6 Å². The number of carbonyl (C=O) groups excluding carboxylic acids is 1. The van der Waals surface area contributed by atoms with Gasteiger partial charge in [0.05, 0.1) is 22.5 Å². The minimum atomic E-state index is -4.55. The van der Waals surface area contributed by atoms with Gasteiger partial charge >= 0.3 is 6.18 Å². The number of alkyl halides is 3. The summed E-state index contributed by atoms with van der Waals surface area (Å²) in [5.41, 5.74) is -0.590. The Morgan fingerprint density at radius 1 is 1.20 bits per heavy atom. The average molecular weight is 368 g/mol. The zero-order valence-corrected chi connectivity index (χ0v) is 13.1. The van der Waals surface area contributed by atoms with Crippen molar-refractivity contribution in [3.8, 4) is 5.69 Å². The molecule has 0 saturated carbocycles. The molecule has 1 amide bonds. The van der Waals surface area contributed by atoms with E-state index in [1.165, 1.54) is 41.7 Å². The van der Waals surface area contributed by atoms with Gasteiger partial charge in [-0.15, -0.1) is 0 Å². The first-order valence-corrected chi connectivity index (χ1v) is 7.21. The van der Waals surface area contributed by atoms with Gasteiger partial charge in [0, 0.05) is 6.20 Å². The fourth-order valence-electron chi connectivity index (χ4n) is 2.05. The van der Waals surface area contributed by atoms with Crippen molar-refractivity contribution in [2.45, 2.75) is 6.18 Å². The highest BCUT2D eigenvalue weighted by atomic mass is 35.5. The molecule has 3 rings (SSSR count). The van der Waals surface area contributed by atoms with Gasteiger partial charge in [-0.25, -0.2) is 14.6 Å². The van der Waals surface area contributed by atoms with Crippen molar-refractivity contribution in [3.05, 3.63) is 65.5 Å². The summed E-state index contributed by atoms with van der Waals surface area (Å²) in [6.45, 7) is 0. The Hall–Kier alpha value is -2.94. The minimum Gasteiger partial charge on any atom is -0.320 e. The predicted molar refractivity (Wildman–Crippen MR) is 83.6 cm³/mol. The topological polar surface area (TPSA) is 72.7 Å². The Morgan fingerprint density at radius 2 is 2.00 bits per heavy atom. The molecule has 10 heteroatoms. The van der Waals surface area contributed by atoms with Crippen molar-refractivity contribution in [2.24, 2.45) is 0 Å². The van der Waals surface area contributed by atoms with Crippen LogP contribution in [0.1, 0.15) is 15.9 Å². The molecule has 2 aromatic heterocycles. The van der Waals surface area contributed by atoms with Crippen LogP contribution in [0.15, 0.2) is 49.2 Å². The molecule has 0 bridgehead atoms. The smallest absolute Gasteiger partial charge is 0.320 e. The summed E-state index contributed by atoms with van der Waals surface area (Å²) in [7, 11) is 0. The number of carbonyl (C=O) groups is 1. The largest absolute Gasteiger partial charge is 0.416 e. The number of halogens is 4. The number of aromatic nitrogens is 4. The van der Waals surface area contributed by atoms with E-state index in [0.717, 1.165) is 12.1 Å². The van der Waals surface area contributed by atoms with E-state index in [2.05, 4.69) is 20.4 Å². The standard InChI is InChI=1S/C15H9ClF3N5O/c16-13-4-1-9(6-21-13)14(25)23-11-5-10(15(17,18)19)2-3-12(11)24-8-20-7-22-24/h1-8H,(H,23,25). The lowest BCUT2D eigenvalue weighted by Gasteiger charge is -2.14. The fraction of sp³-hybridized carbons (Fsp3) is 0.0667. The van der Waals surface area contributed by atoms with Crippen molar-refractivity contribution < 1.29 is 18.0 Å². The SMILES string of the molecule is O=C(Nc1cc(C(F)(F)F)ccc1-n1cncn1)c1ccc(Cl)nc1. The van der Waals surface area contributed by atoms with Gasteiger partial charge in [-0.3, -0.25) is 4.79 Å². The van der Waals surface area contributed by atoms with E-state index in [0.29, 0.717) is 0 Å². The molecule has 6 nitrogen and oxygen atoms in total. The van der Waals surface area contributed by atoms with E-state index in [4.69, 9.17) is 11.6 Å². The summed E-state index contributed by atoms with van der Waals surface area (Å²) in [6.07, 6.45) is -0.795. The lowest BCUT2D eigenvalue weighted by molar-refractivity contribution is -0.137. The highest BCUT2D eigenvalue weighted by Crippen LogP contribution is 2.33. The first-order valence-electron chi connectivity index (χ1n) is 6.84. The molecule has 128 valence electrons. The van der Waals surface area contributed by atoms with E-state index in [1.807, 2.05) is 0 Å². The fourth-order valence-corrected chi connectivity index (χ4v) is 2.16. The van der Waals surface area contributed by atoms with Crippen LogP contribution in [0.2, 0.25) is 5.15 Å². The highest BCUT2D eigenvalue weighted by molar-refractivity contribution is 6.29. The number of nitrogens with zero attached hydrogens (tertiary/aromatic N) is 4. The van der Waals surface area contributed by atoms with Crippen LogP contribution in [-0.4, -0.2) is 25.7 Å². The van der Waals surface area contributed by atoms with Crippen LogP contribution in [-0.2, 0) is 6.18 Å². The van der Waals surface area contributed by atoms with Gasteiger partial charge in [-0.05, 0) is 30.3 Å². The Bertz CT molecular complexity index is 895. The predicted octanol–water partition coefficient (Wildman–Crippen LogP) is 3.59. The van der Waals surface area contributed by atoms with Crippen LogP contribution in [0, 0.1) is 0 Å². The van der Waals surface area contributed by atoms with Gasteiger partial charge in [-0.1, -0.05) is 11.6 Å². The summed E-state index contributed by atoms with van der Waals surface area (Å²) in [5, 5.41) is 6.50. The summed E-state index contributed by atoms with van der Waals surface area (Å²) >= 11 is 5.65. The van der Waals surface area contributed by atoms with Gasteiger partial charge in [-0.2, -0.15) is 18.3 Å². The number of benzene rings is 1. The van der Waals surface area contributed by atoms with Gasteiger partial charge in [0.15, 0.2) is 0 Å². The molecule has 25 heavy (non-hydrogen) atoms. The quantitative estimate of drug-likeness (QED) is 0.718. The summed E-state index contributed by atoms with van der Waals surface area (Å²) < 4.78 is 40.2. The number of hydrogen-bond acceptors (Lipinski definition) is 4. The second kappa shape index (κ2) is 6.52. The number of amides is 1. The van der Waals surface area contributed by atoms with Crippen LogP contribution in [0.3, 0.4) is 0 Å². The minimum absolute atomic E-state index is 0.0692. The second-order valence-corrected chi connectivity index (χ2v) is 5.28. The van der Waals surface area contributed by atoms with Crippen molar-refractivity contribution in [1.82, 2.24) is 19.7 Å². The third-order valence-electron chi connectivity index (χ3n) is 3.23. The van der Waals surface area contributed by atoms with Gasteiger partial charge in [0.1, 0.15) is 17.8 Å². The van der Waals surface area contributed by atoms with Crippen LogP contribution >= 0.6 is 11.6 Å². The van der Waals surface area contributed by atoms with Crippen LogP contribution in [0.4, 0.5) is 18.9 Å². The normalized spacial score (nSPS) is 11.4. The number of pyridine rings is 1. The maximum absolute atomic E-state index is 13.0. The highest BCUT2D eigenvalue weighted by Gasteiger charge is 2.31. The maximum atomic E-state index is 13.0. The lowest BCUT2D eigenvalue weighted by Crippen LogP contribution is -2.16.